The fraction of sp³-hybridized carbons (Fsp3) is 0.250. The van der Waals surface area contributed by atoms with Gasteiger partial charge in [-0.15, -0.1) is 0 Å². The van der Waals surface area contributed by atoms with Crippen LogP contribution in [0.25, 0.3) is 16.8 Å². The number of thioether (sulfide) groups is 1. The molecule has 4 rings (SSSR count). The summed E-state index contributed by atoms with van der Waals surface area (Å²) in [5, 5.41) is 9.66. The van der Waals surface area contributed by atoms with Crippen LogP contribution in [0.4, 0.5) is 5.69 Å². The van der Waals surface area contributed by atoms with Gasteiger partial charge in [0.05, 0.1) is 11.9 Å². The van der Waals surface area contributed by atoms with Crippen LogP contribution in [0, 0.1) is 0 Å². The molecule has 3 aromatic rings. The maximum absolute atomic E-state index is 13.0. The predicted molar refractivity (Wildman–Crippen MR) is 132 cm³/mol. The SMILES string of the molecule is COCCCN1C(=O)C(=Cc2cnn(C)c2)N=C1SCC(=O)Nc1cccc2ccccc12. The summed E-state index contributed by atoms with van der Waals surface area (Å²) >= 11 is 1.25. The molecular formula is C24H25N5O3S. The lowest BCUT2D eigenvalue weighted by Crippen LogP contribution is -2.32. The Bertz CT molecular complexity index is 1230. The third-order valence-corrected chi connectivity index (χ3v) is 6.04. The topological polar surface area (TPSA) is 88.8 Å². The fourth-order valence-electron chi connectivity index (χ4n) is 3.53. The summed E-state index contributed by atoms with van der Waals surface area (Å²) in [5.41, 5.74) is 1.89. The molecule has 2 heterocycles. The van der Waals surface area contributed by atoms with E-state index in [4.69, 9.17) is 4.74 Å². The molecule has 2 amide bonds. The number of amides is 2. The first-order valence-electron chi connectivity index (χ1n) is 10.6. The van der Waals surface area contributed by atoms with Crippen molar-refractivity contribution < 1.29 is 14.3 Å². The second-order valence-electron chi connectivity index (χ2n) is 7.54. The molecular weight excluding hydrogens is 438 g/mol. The van der Waals surface area contributed by atoms with E-state index in [0.29, 0.717) is 30.4 Å². The van der Waals surface area contributed by atoms with E-state index in [1.807, 2.05) is 55.7 Å². The van der Waals surface area contributed by atoms with Gasteiger partial charge in [-0.25, -0.2) is 4.99 Å². The normalized spacial score (nSPS) is 14.8. The number of nitrogens with one attached hydrogen (secondary N) is 1. The lowest BCUT2D eigenvalue weighted by molar-refractivity contribution is -0.122. The number of carbonyl (C=O) groups excluding carboxylic acids is 2. The number of hydrogen-bond acceptors (Lipinski definition) is 6. The molecule has 170 valence electrons. The van der Waals surface area contributed by atoms with Crippen molar-refractivity contribution in [3.8, 4) is 0 Å². The first-order chi connectivity index (χ1) is 16.0. The van der Waals surface area contributed by atoms with Gasteiger partial charge in [0.2, 0.25) is 5.91 Å². The summed E-state index contributed by atoms with van der Waals surface area (Å²) in [7, 11) is 3.44. The molecule has 33 heavy (non-hydrogen) atoms. The number of aryl methyl sites for hydroxylation is 1. The van der Waals surface area contributed by atoms with E-state index in [1.165, 1.54) is 11.8 Å². The van der Waals surface area contributed by atoms with Crippen LogP contribution >= 0.6 is 11.8 Å². The minimum atomic E-state index is -0.188. The Kier molecular flexibility index (Phi) is 7.21. The summed E-state index contributed by atoms with van der Waals surface area (Å²) in [4.78, 5) is 31.8. The number of aliphatic imine (C=N–C) groups is 1. The van der Waals surface area contributed by atoms with Gasteiger partial charge in [-0.3, -0.25) is 19.2 Å². The average Bonchev–Trinajstić information content (AvgIpc) is 3.36. The van der Waals surface area contributed by atoms with Gasteiger partial charge in [-0.2, -0.15) is 5.10 Å². The molecule has 2 aromatic carbocycles. The Balaban J connectivity index is 1.47. The van der Waals surface area contributed by atoms with Gasteiger partial charge in [0.1, 0.15) is 5.70 Å². The van der Waals surface area contributed by atoms with Crippen molar-refractivity contribution in [3.63, 3.8) is 0 Å². The molecule has 0 bridgehead atoms. The van der Waals surface area contributed by atoms with Crippen molar-refractivity contribution in [1.82, 2.24) is 14.7 Å². The van der Waals surface area contributed by atoms with Crippen molar-refractivity contribution in [2.24, 2.45) is 12.0 Å². The molecule has 0 unspecified atom stereocenters. The highest BCUT2D eigenvalue weighted by Crippen LogP contribution is 2.26. The summed E-state index contributed by atoms with van der Waals surface area (Å²) in [6.45, 7) is 0.999. The number of anilines is 1. The summed E-state index contributed by atoms with van der Waals surface area (Å²) < 4.78 is 6.79. The van der Waals surface area contributed by atoms with E-state index in [2.05, 4.69) is 15.4 Å². The molecule has 1 aliphatic rings. The Labute approximate surface area is 196 Å². The zero-order valence-corrected chi connectivity index (χ0v) is 19.3. The second-order valence-corrected chi connectivity index (χ2v) is 8.48. The van der Waals surface area contributed by atoms with Gasteiger partial charge in [0.15, 0.2) is 5.17 Å². The van der Waals surface area contributed by atoms with Crippen molar-refractivity contribution in [3.05, 3.63) is 66.1 Å². The number of rotatable bonds is 8. The number of ether oxygens (including phenoxy) is 1. The molecule has 1 aliphatic heterocycles. The first kappa shape index (κ1) is 22.8. The Hall–Kier alpha value is -3.43. The zero-order chi connectivity index (χ0) is 23.2. The van der Waals surface area contributed by atoms with Gasteiger partial charge in [-0.1, -0.05) is 48.2 Å². The molecule has 0 spiro atoms. The minimum absolute atomic E-state index is 0.135. The molecule has 1 N–H and O–H groups in total. The molecule has 9 heteroatoms. The molecule has 0 aliphatic carbocycles. The van der Waals surface area contributed by atoms with Crippen LogP contribution in [0.2, 0.25) is 0 Å². The van der Waals surface area contributed by atoms with Crippen LogP contribution in [0.3, 0.4) is 0 Å². The maximum Gasteiger partial charge on any atom is 0.278 e. The predicted octanol–water partition coefficient (Wildman–Crippen LogP) is 3.52. The smallest absolute Gasteiger partial charge is 0.278 e. The molecule has 0 atom stereocenters. The van der Waals surface area contributed by atoms with Crippen LogP contribution in [0.1, 0.15) is 12.0 Å². The number of aromatic nitrogens is 2. The summed E-state index contributed by atoms with van der Waals surface area (Å²) in [5.74, 6) is -0.212. The third kappa shape index (κ3) is 5.50. The highest BCUT2D eigenvalue weighted by molar-refractivity contribution is 8.14. The Morgan fingerprint density at radius 1 is 1.21 bits per heavy atom. The van der Waals surface area contributed by atoms with Crippen molar-refractivity contribution in [2.45, 2.75) is 6.42 Å². The quantitative estimate of drug-likeness (QED) is 0.408. The first-order valence-corrected chi connectivity index (χ1v) is 11.5. The number of fused-ring (bicyclic) bond motifs is 1. The van der Waals surface area contributed by atoms with Crippen LogP contribution in [0.15, 0.2) is 65.5 Å². The number of nitrogens with zero attached hydrogens (tertiary/aromatic N) is 4. The lowest BCUT2D eigenvalue weighted by atomic mass is 10.1. The van der Waals surface area contributed by atoms with Gasteiger partial charge in [0.25, 0.3) is 5.91 Å². The van der Waals surface area contributed by atoms with Crippen molar-refractivity contribution >= 4 is 51.3 Å². The molecule has 0 saturated carbocycles. The van der Waals surface area contributed by atoms with Gasteiger partial charge >= 0.3 is 0 Å². The fourth-order valence-corrected chi connectivity index (χ4v) is 4.35. The van der Waals surface area contributed by atoms with Crippen LogP contribution < -0.4 is 5.32 Å². The number of benzene rings is 2. The zero-order valence-electron chi connectivity index (χ0n) is 18.5. The van der Waals surface area contributed by atoms with Crippen LogP contribution in [-0.2, 0) is 21.4 Å². The average molecular weight is 464 g/mol. The van der Waals surface area contributed by atoms with Gasteiger partial charge in [-0.05, 0) is 23.9 Å². The van der Waals surface area contributed by atoms with E-state index in [1.54, 1.807) is 29.0 Å². The summed E-state index contributed by atoms with van der Waals surface area (Å²) in [6.07, 6.45) is 5.87. The monoisotopic (exact) mass is 463 g/mol. The number of amidine groups is 1. The maximum atomic E-state index is 13.0. The number of carbonyl (C=O) groups is 2. The lowest BCUT2D eigenvalue weighted by Gasteiger charge is -2.17. The van der Waals surface area contributed by atoms with E-state index in [9.17, 15) is 9.59 Å². The Morgan fingerprint density at radius 3 is 2.82 bits per heavy atom. The van der Waals surface area contributed by atoms with Gasteiger partial charge in [0, 0.05) is 50.1 Å². The molecule has 1 aromatic heterocycles. The molecule has 8 nitrogen and oxygen atoms in total. The molecule has 0 radical (unpaired) electrons. The third-order valence-electron chi connectivity index (χ3n) is 5.07. The van der Waals surface area contributed by atoms with Crippen molar-refractivity contribution in [1.29, 1.82) is 0 Å². The Morgan fingerprint density at radius 2 is 2.03 bits per heavy atom. The number of hydrogen-bond donors (Lipinski definition) is 1. The van der Waals surface area contributed by atoms with Crippen LogP contribution in [0.5, 0.6) is 0 Å². The van der Waals surface area contributed by atoms with E-state index in [-0.39, 0.29) is 17.6 Å². The van der Waals surface area contributed by atoms with E-state index in [0.717, 1.165) is 22.0 Å². The molecule has 0 saturated heterocycles. The van der Waals surface area contributed by atoms with Crippen molar-refractivity contribution in [2.75, 3.05) is 31.3 Å². The van der Waals surface area contributed by atoms with E-state index < -0.39 is 0 Å². The van der Waals surface area contributed by atoms with E-state index >= 15 is 0 Å². The summed E-state index contributed by atoms with van der Waals surface area (Å²) in [6, 6.07) is 13.7. The largest absolute Gasteiger partial charge is 0.385 e. The second kappa shape index (κ2) is 10.5. The highest BCUT2D eigenvalue weighted by Gasteiger charge is 2.30. The van der Waals surface area contributed by atoms with Crippen LogP contribution in [-0.4, -0.2) is 57.7 Å². The highest BCUT2D eigenvalue weighted by atomic mass is 32.2. The minimum Gasteiger partial charge on any atom is -0.385 e. The molecule has 0 fully saturated rings. The standard InChI is InChI=1S/C24H25N5O3S/c1-28-15-17(14-25-28)13-21-23(31)29(11-6-12-32-2)24(27-21)33-16-22(30)26-20-10-5-8-18-7-3-4-9-19(18)20/h3-5,7-10,13-15H,6,11-12,16H2,1-2H3,(H,26,30). The number of methoxy groups -OCH3 is 1. The van der Waals surface area contributed by atoms with Gasteiger partial charge < -0.3 is 10.1 Å².